The number of hydrogen-bond donors (Lipinski definition) is 2. The maximum atomic E-state index is 9.47. The molecule has 2 N–H and O–H groups in total. The van der Waals surface area contributed by atoms with E-state index in [4.69, 9.17) is 0 Å². The molecule has 0 aliphatic carbocycles. The van der Waals surface area contributed by atoms with Crippen LogP contribution in [0.4, 0.5) is 0 Å². The van der Waals surface area contributed by atoms with Gasteiger partial charge in [-0.1, -0.05) is 25.1 Å². The summed E-state index contributed by atoms with van der Waals surface area (Å²) in [6.07, 6.45) is 2.48. The molecule has 1 aromatic heterocycles. The molecule has 4 nitrogen and oxygen atoms in total. The van der Waals surface area contributed by atoms with E-state index in [9.17, 15) is 5.11 Å². The van der Waals surface area contributed by atoms with Gasteiger partial charge in [-0.05, 0) is 26.5 Å². The number of fused-ring (bicyclic) bond motifs is 1. The largest absolute Gasteiger partial charge is 0.394 e. The van der Waals surface area contributed by atoms with Crippen LogP contribution in [0.5, 0.6) is 0 Å². The summed E-state index contributed by atoms with van der Waals surface area (Å²) in [5, 5.41) is 15.1. The quantitative estimate of drug-likeness (QED) is 0.632. The van der Waals surface area contributed by atoms with Crippen molar-refractivity contribution in [1.29, 1.82) is 0 Å². The number of likely N-dealkylation sites (N-methyl/N-ethyl adjacent to an activating group) is 1. The summed E-state index contributed by atoms with van der Waals surface area (Å²) in [7, 11) is 1.88. The first-order chi connectivity index (χ1) is 9.58. The van der Waals surface area contributed by atoms with E-state index < -0.39 is 0 Å². The number of aliphatic hydroxyl groups excluding tert-OH is 1. The number of nitrogens with one attached hydrogen (secondary N) is 1. The molecule has 1 aromatic carbocycles. The monoisotopic (exact) mass is 291 g/mol. The number of hydrogen-bond acceptors (Lipinski definition) is 5. The summed E-state index contributed by atoms with van der Waals surface area (Å²) < 4.78 is 0. The van der Waals surface area contributed by atoms with Gasteiger partial charge in [-0.3, -0.25) is 0 Å². The predicted molar refractivity (Wildman–Crippen MR) is 84.0 cm³/mol. The van der Waals surface area contributed by atoms with Crippen LogP contribution >= 0.6 is 11.8 Å². The Balaban J connectivity index is 2.16. The molecule has 0 bridgehead atoms. The molecule has 0 amide bonds. The minimum atomic E-state index is -0.255. The molecule has 2 aromatic rings. The second-order valence-corrected chi connectivity index (χ2v) is 6.72. The first kappa shape index (κ1) is 15.2. The van der Waals surface area contributed by atoms with Crippen LogP contribution < -0.4 is 5.32 Å². The van der Waals surface area contributed by atoms with Crippen molar-refractivity contribution < 1.29 is 5.11 Å². The zero-order valence-corrected chi connectivity index (χ0v) is 12.9. The lowest BCUT2D eigenvalue weighted by Gasteiger charge is -2.29. The van der Waals surface area contributed by atoms with Crippen LogP contribution in [0, 0.1) is 0 Å². The van der Waals surface area contributed by atoms with Gasteiger partial charge in [-0.25, -0.2) is 9.97 Å². The summed E-state index contributed by atoms with van der Waals surface area (Å²) >= 11 is 1.73. The molecule has 2 atom stereocenters. The van der Waals surface area contributed by atoms with Crippen molar-refractivity contribution in [2.45, 2.75) is 36.1 Å². The molecule has 0 aliphatic heterocycles. The van der Waals surface area contributed by atoms with Crippen molar-refractivity contribution in [2.24, 2.45) is 0 Å². The highest BCUT2D eigenvalue weighted by molar-refractivity contribution is 8.00. The first-order valence-corrected chi connectivity index (χ1v) is 7.62. The predicted octanol–water partition coefficient (Wildman–Crippen LogP) is 2.47. The van der Waals surface area contributed by atoms with Crippen molar-refractivity contribution in [3.8, 4) is 0 Å². The molecular formula is C15H21N3OS. The van der Waals surface area contributed by atoms with Crippen molar-refractivity contribution in [1.82, 2.24) is 15.3 Å². The second-order valence-electron chi connectivity index (χ2n) is 5.30. The number of aliphatic hydroxyl groups is 1. The van der Waals surface area contributed by atoms with Gasteiger partial charge in [0.25, 0.3) is 0 Å². The fourth-order valence-electron chi connectivity index (χ4n) is 2.19. The highest BCUT2D eigenvalue weighted by Crippen LogP contribution is 2.31. The number of benzene rings is 1. The Morgan fingerprint density at radius 1 is 1.35 bits per heavy atom. The van der Waals surface area contributed by atoms with E-state index in [0.717, 1.165) is 22.3 Å². The summed E-state index contributed by atoms with van der Waals surface area (Å²) in [6, 6.07) is 8.04. The highest BCUT2D eigenvalue weighted by atomic mass is 32.2. The van der Waals surface area contributed by atoms with Crippen molar-refractivity contribution in [2.75, 3.05) is 13.7 Å². The van der Waals surface area contributed by atoms with Crippen molar-refractivity contribution in [3.63, 3.8) is 0 Å². The minimum absolute atomic E-state index is 0.124. The van der Waals surface area contributed by atoms with Gasteiger partial charge in [0.2, 0.25) is 0 Å². The van der Waals surface area contributed by atoms with Gasteiger partial charge in [0.1, 0.15) is 11.4 Å². The average Bonchev–Trinajstić information content (AvgIpc) is 2.47. The van der Waals surface area contributed by atoms with E-state index in [1.54, 1.807) is 18.1 Å². The number of aromatic nitrogens is 2. The average molecular weight is 291 g/mol. The maximum absolute atomic E-state index is 9.47. The third-order valence-corrected chi connectivity index (χ3v) is 4.63. The molecule has 0 saturated heterocycles. The lowest BCUT2D eigenvalue weighted by atomic mass is 9.97. The molecule has 108 valence electrons. The molecule has 0 saturated carbocycles. The van der Waals surface area contributed by atoms with Gasteiger partial charge in [0.15, 0.2) is 0 Å². The smallest absolute Gasteiger partial charge is 0.117 e. The maximum Gasteiger partial charge on any atom is 0.117 e. The van der Waals surface area contributed by atoms with Gasteiger partial charge >= 0.3 is 0 Å². The molecule has 5 heteroatoms. The standard InChI is InChI=1S/C15H21N3OS/c1-11(8-15(2,9-19)16-3)20-14-12-6-4-5-7-13(12)17-10-18-14/h4-7,10-11,16,19H,8-9H2,1-3H3. The highest BCUT2D eigenvalue weighted by Gasteiger charge is 2.24. The Labute approximate surface area is 124 Å². The van der Waals surface area contributed by atoms with E-state index in [-0.39, 0.29) is 12.1 Å². The number of nitrogens with zero attached hydrogens (tertiary/aromatic N) is 2. The third kappa shape index (κ3) is 3.48. The number of rotatable bonds is 6. The summed E-state index contributed by atoms with van der Waals surface area (Å²) in [4.78, 5) is 8.68. The fourth-order valence-corrected chi connectivity index (χ4v) is 3.43. The summed E-state index contributed by atoms with van der Waals surface area (Å²) in [5.74, 6) is 0. The van der Waals surface area contributed by atoms with Crippen LogP contribution in [-0.4, -0.2) is 39.5 Å². The topological polar surface area (TPSA) is 58.0 Å². The van der Waals surface area contributed by atoms with Gasteiger partial charge in [-0.2, -0.15) is 0 Å². The first-order valence-electron chi connectivity index (χ1n) is 6.74. The number of thioether (sulfide) groups is 1. The van der Waals surface area contributed by atoms with Gasteiger partial charge in [-0.15, -0.1) is 11.8 Å². The van der Waals surface area contributed by atoms with Gasteiger partial charge < -0.3 is 10.4 Å². The van der Waals surface area contributed by atoms with Gasteiger partial charge in [0.05, 0.1) is 12.1 Å². The van der Waals surface area contributed by atoms with Crippen molar-refractivity contribution in [3.05, 3.63) is 30.6 Å². The van der Waals surface area contributed by atoms with Crippen LogP contribution in [0.3, 0.4) is 0 Å². The van der Waals surface area contributed by atoms with E-state index in [1.807, 2.05) is 38.2 Å². The molecule has 1 heterocycles. The Hall–Kier alpha value is -1.17. The fraction of sp³-hybridized carbons (Fsp3) is 0.467. The van der Waals surface area contributed by atoms with E-state index in [2.05, 4.69) is 22.2 Å². The Morgan fingerprint density at radius 3 is 2.80 bits per heavy atom. The van der Waals surface area contributed by atoms with Crippen LogP contribution in [-0.2, 0) is 0 Å². The molecule has 20 heavy (non-hydrogen) atoms. The molecule has 0 spiro atoms. The zero-order chi connectivity index (χ0) is 14.6. The van der Waals surface area contributed by atoms with Crippen LogP contribution in [0.25, 0.3) is 10.9 Å². The molecule has 0 aliphatic rings. The molecule has 0 radical (unpaired) electrons. The lowest BCUT2D eigenvalue weighted by Crippen LogP contribution is -2.45. The Morgan fingerprint density at radius 2 is 2.10 bits per heavy atom. The van der Waals surface area contributed by atoms with Crippen LogP contribution in [0.1, 0.15) is 20.3 Å². The van der Waals surface area contributed by atoms with E-state index >= 15 is 0 Å². The molecule has 2 unspecified atom stereocenters. The molecule has 2 rings (SSSR count). The Bertz CT molecular complexity index is 567. The van der Waals surface area contributed by atoms with Crippen molar-refractivity contribution >= 4 is 22.7 Å². The van der Waals surface area contributed by atoms with E-state index in [0.29, 0.717) is 5.25 Å². The van der Waals surface area contributed by atoms with E-state index in [1.165, 1.54) is 0 Å². The minimum Gasteiger partial charge on any atom is -0.394 e. The van der Waals surface area contributed by atoms with Crippen LogP contribution in [0.15, 0.2) is 35.6 Å². The second kappa shape index (κ2) is 6.52. The van der Waals surface area contributed by atoms with Crippen LogP contribution in [0.2, 0.25) is 0 Å². The summed E-state index contributed by atoms with van der Waals surface area (Å²) in [5.41, 5.74) is 0.714. The molecular weight excluding hydrogens is 270 g/mol. The number of para-hydroxylation sites is 1. The zero-order valence-electron chi connectivity index (χ0n) is 12.1. The molecule has 0 fully saturated rings. The summed E-state index contributed by atoms with van der Waals surface area (Å²) in [6.45, 7) is 4.31. The lowest BCUT2D eigenvalue weighted by molar-refractivity contribution is 0.174. The normalized spacial score (nSPS) is 16.0. The SMILES string of the molecule is CNC(C)(CO)CC(C)Sc1ncnc2ccccc12. The third-order valence-electron chi connectivity index (χ3n) is 3.51. The van der Waals surface area contributed by atoms with Gasteiger partial charge in [0, 0.05) is 16.2 Å². The Kier molecular flexibility index (Phi) is 4.96.